The van der Waals surface area contributed by atoms with Gasteiger partial charge in [0.05, 0.1) is 23.7 Å². The molecule has 40 heavy (non-hydrogen) atoms. The van der Waals surface area contributed by atoms with E-state index in [-0.39, 0.29) is 41.2 Å². The number of benzene rings is 1. The number of Topliss-reactive ketones (excluding diaryl/α,β-unsaturated/α-hetero) is 1. The smallest absolute Gasteiger partial charge is 0.353 e. The van der Waals surface area contributed by atoms with Crippen molar-refractivity contribution >= 4 is 46.7 Å². The van der Waals surface area contributed by atoms with Crippen LogP contribution in [0.1, 0.15) is 48.5 Å². The first-order valence-corrected chi connectivity index (χ1v) is 12.7. The zero-order valence-corrected chi connectivity index (χ0v) is 22.1. The van der Waals surface area contributed by atoms with Crippen molar-refractivity contribution in [3.8, 4) is 0 Å². The molecule has 1 unspecified atom stereocenters. The lowest BCUT2D eigenvalue weighted by Crippen LogP contribution is -2.48. The van der Waals surface area contributed by atoms with Gasteiger partial charge in [-0.15, -0.1) is 0 Å². The average molecular weight is 582 g/mol. The monoisotopic (exact) mass is 581 g/mol. The van der Waals surface area contributed by atoms with Gasteiger partial charge in [0.2, 0.25) is 17.6 Å². The number of alkyl halides is 3. The minimum Gasteiger partial charge on any atom is -0.353 e. The summed E-state index contributed by atoms with van der Waals surface area (Å²) in [7, 11) is 0. The summed E-state index contributed by atoms with van der Waals surface area (Å²) in [5.74, 6) is -4.93. The summed E-state index contributed by atoms with van der Waals surface area (Å²) in [5.41, 5.74) is 0.285. The summed E-state index contributed by atoms with van der Waals surface area (Å²) < 4.78 is 37.5. The van der Waals surface area contributed by atoms with Crippen LogP contribution >= 0.6 is 11.6 Å². The van der Waals surface area contributed by atoms with E-state index in [4.69, 9.17) is 11.6 Å². The molecule has 0 bridgehead atoms. The van der Waals surface area contributed by atoms with E-state index in [2.05, 4.69) is 26.3 Å². The molecule has 0 spiro atoms. The molecule has 214 valence electrons. The average Bonchev–Trinajstić information content (AvgIpc) is 3.22. The summed E-state index contributed by atoms with van der Waals surface area (Å²) in [5, 5.41) is 9.95. The van der Waals surface area contributed by atoms with Gasteiger partial charge < -0.3 is 21.3 Å². The summed E-state index contributed by atoms with van der Waals surface area (Å²) >= 11 is 6.01. The van der Waals surface area contributed by atoms with Crippen LogP contribution in [0.5, 0.6) is 0 Å². The number of aromatic nitrogens is 1. The zero-order valence-electron chi connectivity index (χ0n) is 21.3. The maximum absolute atomic E-state index is 13.3. The number of hydrogen-bond acceptors (Lipinski definition) is 6. The Morgan fingerprint density at radius 1 is 1.15 bits per heavy atom. The van der Waals surface area contributed by atoms with E-state index >= 15 is 0 Å². The number of anilines is 1. The third kappa shape index (κ3) is 9.04. The number of carbonyl (C=O) groups excluding carboxylic acids is 5. The van der Waals surface area contributed by atoms with Crippen LogP contribution in [0.3, 0.4) is 0 Å². The molecule has 1 aromatic carbocycles. The molecular weight excluding hydrogens is 555 g/mol. The first-order chi connectivity index (χ1) is 18.8. The van der Waals surface area contributed by atoms with Gasteiger partial charge in [-0.05, 0) is 55.7 Å². The minimum atomic E-state index is -4.55. The first-order valence-electron chi connectivity index (χ1n) is 12.3. The molecule has 0 aliphatic carbocycles. The molecule has 10 nitrogen and oxygen atoms in total. The second kappa shape index (κ2) is 13.4. The molecule has 0 radical (unpaired) electrons. The minimum absolute atomic E-state index is 0.0110. The Labute approximate surface area is 232 Å². The van der Waals surface area contributed by atoms with Crippen LogP contribution in [-0.4, -0.2) is 52.7 Å². The van der Waals surface area contributed by atoms with Crippen LogP contribution in [0.15, 0.2) is 42.7 Å². The number of ketones is 1. The fourth-order valence-electron chi connectivity index (χ4n) is 4.12. The first kappa shape index (κ1) is 30.5. The van der Waals surface area contributed by atoms with Crippen LogP contribution in [0.2, 0.25) is 5.02 Å². The highest BCUT2D eigenvalue weighted by molar-refractivity contribution is 6.38. The molecular formula is C26H27ClF3N5O5. The van der Waals surface area contributed by atoms with E-state index in [0.717, 1.165) is 6.07 Å². The third-order valence-electron chi connectivity index (χ3n) is 6.10. The standard InChI is InChI=1S/C26H27ClF3N5O5/c1-14-10-16(23(38)33-14)11-20(22(37)25(40)32-13-15-5-8-31-9-6-15)35-24(39)18-12-17(27)2-3-19(18)34-21(36)4-7-26(28,29)30/h2-3,5-6,8-9,12,14,16,20H,4,7,10-11,13H2,1H3,(H,32,40)(H,33,38)(H,34,36)(H,35,39)/t14-,16+,20?/m1/s1. The van der Waals surface area contributed by atoms with E-state index in [1.54, 1.807) is 19.1 Å². The Morgan fingerprint density at radius 3 is 2.48 bits per heavy atom. The molecule has 1 aliphatic heterocycles. The van der Waals surface area contributed by atoms with E-state index in [1.807, 2.05) is 0 Å². The largest absolute Gasteiger partial charge is 0.389 e. The highest BCUT2D eigenvalue weighted by Crippen LogP contribution is 2.25. The number of nitrogens with zero attached hydrogens (tertiary/aromatic N) is 1. The molecule has 0 saturated carbocycles. The fourth-order valence-corrected chi connectivity index (χ4v) is 4.29. The summed E-state index contributed by atoms with van der Waals surface area (Å²) in [6.07, 6.45) is -3.57. The Balaban J connectivity index is 1.78. The second-order valence-corrected chi connectivity index (χ2v) is 9.80. The van der Waals surface area contributed by atoms with Crippen molar-refractivity contribution in [3.63, 3.8) is 0 Å². The van der Waals surface area contributed by atoms with Crippen LogP contribution in [-0.2, 0) is 25.7 Å². The van der Waals surface area contributed by atoms with Crippen molar-refractivity contribution in [1.82, 2.24) is 20.9 Å². The SMILES string of the molecule is C[C@@H]1C[C@@H](CC(NC(=O)c2cc(Cl)ccc2NC(=O)CCC(F)(F)F)C(=O)C(=O)NCc2ccncc2)C(=O)N1. The molecule has 1 aromatic heterocycles. The zero-order chi connectivity index (χ0) is 29.4. The molecule has 1 fully saturated rings. The lowest BCUT2D eigenvalue weighted by molar-refractivity contribution is -0.142. The molecule has 4 N–H and O–H groups in total. The molecule has 14 heteroatoms. The maximum Gasteiger partial charge on any atom is 0.389 e. The number of rotatable bonds is 11. The predicted molar refractivity (Wildman–Crippen MR) is 138 cm³/mol. The van der Waals surface area contributed by atoms with Crippen molar-refractivity contribution in [3.05, 3.63) is 58.9 Å². The van der Waals surface area contributed by atoms with Gasteiger partial charge in [0, 0.05) is 42.3 Å². The number of nitrogens with one attached hydrogen (secondary N) is 4. The van der Waals surface area contributed by atoms with Gasteiger partial charge >= 0.3 is 6.18 Å². The molecule has 3 rings (SSSR count). The third-order valence-corrected chi connectivity index (χ3v) is 6.34. The Bertz CT molecular complexity index is 1280. The quantitative estimate of drug-likeness (QED) is 0.300. The highest BCUT2D eigenvalue weighted by atomic mass is 35.5. The van der Waals surface area contributed by atoms with E-state index in [1.165, 1.54) is 24.5 Å². The summed E-state index contributed by atoms with van der Waals surface area (Å²) in [6.45, 7) is 1.78. The topological polar surface area (TPSA) is 146 Å². The van der Waals surface area contributed by atoms with Crippen LogP contribution in [0, 0.1) is 5.92 Å². The Hall–Kier alpha value is -4.00. The predicted octanol–water partition coefficient (Wildman–Crippen LogP) is 2.91. The van der Waals surface area contributed by atoms with Gasteiger partial charge in [-0.1, -0.05) is 11.6 Å². The number of pyridine rings is 1. The van der Waals surface area contributed by atoms with Gasteiger partial charge in [-0.2, -0.15) is 13.2 Å². The van der Waals surface area contributed by atoms with Gasteiger partial charge in [-0.25, -0.2) is 0 Å². The molecule has 2 heterocycles. The van der Waals surface area contributed by atoms with Crippen molar-refractivity contribution in [2.24, 2.45) is 5.92 Å². The normalized spacial score (nSPS) is 17.5. The van der Waals surface area contributed by atoms with Crippen molar-refractivity contribution in [2.45, 2.75) is 57.4 Å². The molecule has 1 saturated heterocycles. The van der Waals surface area contributed by atoms with Crippen LogP contribution in [0.25, 0.3) is 0 Å². The highest BCUT2D eigenvalue weighted by Gasteiger charge is 2.36. The van der Waals surface area contributed by atoms with Gasteiger partial charge in [0.15, 0.2) is 0 Å². The summed E-state index contributed by atoms with van der Waals surface area (Å²) in [6, 6.07) is 5.38. The maximum atomic E-state index is 13.3. The second-order valence-electron chi connectivity index (χ2n) is 9.36. The van der Waals surface area contributed by atoms with Crippen LogP contribution < -0.4 is 21.3 Å². The van der Waals surface area contributed by atoms with Crippen molar-refractivity contribution in [1.29, 1.82) is 0 Å². The molecule has 3 atom stereocenters. The number of hydrogen-bond donors (Lipinski definition) is 4. The molecule has 2 aromatic rings. The molecule has 1 aliphatic rings. The number of amides is 4. The van der Waals surface area contributed by atoms with Crippen LogP contribution in [0.4, 0.5) is 18.9 Å². The lowest BCUT2D eigenvalue weighted by Gasteiger charge is -2.21. The van der Waals surface area contributed by atoms with E-state index in [0.29, 0.717) is 12.0 Å². The summed E-state index contributed by atoms with van der Waals surface area (Å²) in [4.78, 5) is 67.4. The van der Waals surface area contributed by atoms with E-state index < -0.39 is 54.5 Å². The fraction of sp³-hybridized carbons (Fsp3) is 0.385. The van der Waals surface area contributed by atoms with Crippen molar-refractivity contribution in [2.75, 3.05) is 5.32 Å². The Kier molecular flexibility index (Phi) is 10.2. The number of halogens is 4. The number of carbonyl (C=O) groups is 5. The lowest BCUT2D eigenvalue weighted by atomic mass is 9.93. The van der Waals surface area contributed by atoms with Gasteiger partial charge in [0.25, 0.3) is 11.8 Å². The van der Waals surface area contributed by atoms with Gasteiger partial charge in [0.1, 0.15) is 0 Å². The van der Waals surface area contributed by atoms with Crippen molar-refractivity contribution < 1.29 is 37.1 Å². The molecule has 4 amide bonds. The Morgan fingerprint density at radius 2 is 1.85 bits per heavy atom. The van der Waals surface area contributed by atoms with Gasteiger partial charge in [-0.3, -0.25) is 29.0 Å². The van der Waals surface area contributed by atoms with E-state index in [9.17, 15) is 37.1 Å².